The molecule has 106 valence electrons. The van der Waals surface area contributed by atoms with Crippen LogP contribution in [0.2, 0.25) is 0 Å². The number of ether oxygens (including phenoxy) is 1. The number of amides is 2. The van der Waals surface area contributed by atoms with E-state index in [1.54, 1.807) is 0 Å². The second-order valence-corrected chi connectivity index (χ2v) is 3.98. The fourth-order valence-electron chi connectivity index (χ4n) is 1.38. The largest absolute Gasteiger partial charge is 0.450 e. The Labute approximate surface area is 108 Å². The second kappa shape index (κ2) is 13.8. The van der Waals surface area contributed by atoms with Crippen LogP contribution in [0.25, 0.3) is 0 Å². The molecule has 18 heavy (non-hydrogen) atoms. The van der Waals surface area contributed by atoms with Crippen molar-refractivity contribution in [2.45, 2.75) is 38.5 Å². The normalized spacial score (nSPS) is 9.83. The minimum Gasteiger partial charge on any atom is -0.450 e. The lowest BCUT2D eigenvalue weighted by Gasteiger charge is -2.06. The Bertz CT molecular complexity index is 212. The van der Waals surface area contributed by atoms with Crippen LogP contribution in [0.1, 0.15) is 38.5 Å². The van der Waals surface area contributed by atoms with Gasteiger partial charge in [-0.25, -0.2) is 4.79 Å². The molecular weight excluding hydrogens is 236 g/mol. The number of unbranched alkanes of at least 4 members (excludes halogenated alkanes) is 4. The number of carbonyl (C=O) groups is 2. The van der Waals surface area contributed by atoms with Gasteiger partial charge in [0.15, 0.2) is 0 Å². The standard InChI is InChI=1S/C12H24N2O4/c15-9-5-6-10-18-12(17)14-8-4-2-1-3-7-13-11-16/h11,15H,1-10H2,(H,13,16)(H,14,17). The maximum Gasteiger partial charge on any atom is 0.407 e. The van der Waals surface area contributed by atoms with Gasteiger partial charge in [0.2, 0.25) is 6.41 Å². The van der Waals surface area contributed by atoms with Gasteiger partial charge in [0.1, 0.15) is 0 Å². The van der Waals surface area contributed by atoms with Gasteiger partial charge < -0.3 is 20.5 Å². The van der Waals surface area contributed by atoms with E-state index >= 15 is 0 Å². The number of hydrogen-bond acceptors (Lipinski definition) is 4. The molecule has 0 aromatic rings. The fourth-order valence-corrected chi connectivity index (χ4v) is 1.38. The zero-order chi connectivity index (χ0) is 13.5. The molecule has 0 spiro atoms. The summed E-state index contributed by atoms with van der Waals surface area (Å²) in [5, 5.41) is 13.8. The Balaban J connectivity index is 3.12. The second-order valence-electron chi connectivity index (χ2n) is 3.98. The SMILES string of the molecule is O=CNCCCCCCNC(=O)OCCCCO. The van der Waals surface area contributed by atoms with E-state index in [1.807, 2.05) is 0 Å². The highest BCUT2D eigenvalue weighted by Crippen LogP contribution is 1.97. The van der Waals surface area contributed by atoms with Crippen molar-refractivity contribution < 1.29 is 19.4 Å². The number of rotatable bonds is 12. The zero-order valence-electron chi connectivity index (χ0n) is 10.8. The Kier molecular flexibility index (Phi) is 12.8. The number of aliphatic hydroxyl groups is 1. The highest BCUT2D eigenvalue weighted by molar-refractivity contribution is 5.66. The first-order valence-electron chi connectivity index (χ1n) is 6.49. The Morgan fingerprint density at radius 2 is 1.78 bits per heavy atom. The molecule has 6 nitrogen and oxygen atoms in total. The Hall–Kier alpha value is -1.30. The highest BCUT2D eigenvalue weighted by atomic mass is 16.5. The van der Waals surface area contributed by atoms with Crippen LogP contribution in [0.15, 0.2) is 0 Å². The Morgan fingerprint density at radius 1 is 1.06 bits per heavy atom. The van der Waals surface area contributed by atoms with Crippen LogP contribution in [-0.2, 0) is 9.53 Å². The molecule has 2 amide bonds. The average Bonchev–Trinajstić information content (AvgIpc) is 2.38. The lowest BCUT2D eigenvalue weighted by atomic mass is 10.2. The van der Waals surface area contributed by atoms with Gasteiger partial charge in [0, 0.05) is 19.7 Å². The molecule has 6 heteroatoms. The summed E-state index contributed by atoms with van der Waals surface area (Å²) in [4.78, 5) is 21.1. The summed E-state index contributed by atoms with van der Waals surface area (Å²) in [7, 11) is 0. The van der Waals surface area contributed by atoms with E-state index in [-0.39, 0.29) is 6.61 Å². The molecule has 0 fully saturated rings. The molecule has 0 atom stereocenters. The first-order chi connectivity index (χ1) is 8.81. The van der Waals surface area contributed by atoms with E-state index in [4.69, 9.17) is 9.84 Å². The molecule has 0 saturated carbocycles. The van der Waals surface area contributed by atoms with E-state index < -0.39 is 6.09 Å². The van der Waals surface area contributed by atoms with Crippen LogP contribution in [0.4, 0.5) is 4.79 Å². The van der Waals surface area contributed by atoms with Crippen molar-refractivity contribution in [1.82, 2.24) is 10.6 Å². The van der Waals surface area contributed by atoms with Gasteiger partial charge in [-0.15, -0.1) is 0 Å². The van der Waals surface area contributed by atoms with E-state index in [0.717, 1.165) is 25.7 Å². The fraction of sp³-hybridized carbons (Fsp3) is 0.833. The van der Waals surface area contributed by atoms with Gasteiger partial charge in [-0.3, -0.25) is 4.79 Å². The van der Waals surface area contributed by atoms with Crippen LogP contribution in [0.3, 0.4) is 0 Å². The summed E-state index contributed by atoms with van der Waals surface area (Å²) >= 11 is 0. The number of alkyl carbamates (subject to hydrolysis) is 1. The third kappa shape index (κ3) is 12.8. The van der Waals surface area contributed by atoms with Crippen molar-refractivity contribution in [2.75, 3.05) is 26.3 Å². The molecule has 0 saturated heterocycles. The molecule has 0 aromatic heterocycles. The number of carbonyl (C=O) groups excluding carboxylic acids is 2. The van der Waals surface area contributed by atoms with E-state index in [9.17, 15) is 9.59 Å². The maximum absolute atomic E-state index is 11.1. The molecule has 0 radical (unpaired) electrons. The first kappa shape index (κ1) is 16.7. The van der Waals surface area contributed by atoms with Crippen LogP contribution in [0.5, 0.6) is 0 Å². The molecule has 0 aromatic carbocycles. The molecule has 0 aliphatic carbocycles. The van der Waals surface area contributed by atoms with Crippen LogP contribution in [-0.4, -0.2) is 43.9 Å². The highest BCUT2D eigenvalue weighted by Gasteiger charge is 2.00. The number of nitrogens with one attached hydrogen (secondary N) is 2. The summed E-state index contributed by atoms with van der Waals surface area (Å²) in [6.07, 6.45) is 5.58. The van der Waals surface area contributed by atoms with Crippen LogP contribution in [0, 0.1) is 0 Å². The molecule has 0 bridgehead atoms. The minimum atomic E-state index is -0.393. The summed E-state index contributed by atoms with van der Waals surface area (Å²) in [5.41, 5.74) is 0. The van der Waals surface area contributed by atoms with Crippen molar-refractivity contribution >= 4 is 12.5 Å². The quantitative estimate of drug-likeness (QED) is 0.357. The molecule has 0 heterocycles. The topological polar surface area (TPSA) is 87.7 Å². The van der Waals surface area contributed by atoms with Gasteiger partial charge in [-0.2, -0.15) is 0 Å². The Morgan fingerprint density at radius 3 is 2.44 bits per heavy atom. The van der Waals surface area contributed by atoms with Crippen molar-refractivity contribution in [3.8, 4) is 0 Å². The summed E-state index contributed by atoms with van der Waals surface area (Å²) in [5.74, 6) is 0. The van der Waals surface area contributed by atoms with E-state index in [0.29, 0.717) is 38.9 Å². The number of aliphatic hydroxyl groups excluding tert-OH is 1. The summed E-state index contributed by atoms with van der Waals surface area (Å²) in [6.45, 7) is 1.80. The van der Waals surface area contributed by atoms with Gasteiger partial charge >= 0.3 is 6.09 Å². The monoisotopic (exact) mass is 260 g/mol. The third-order valence-electron chi connectivity index (χ3n) is 2.39. The lowest BCUT2D eigenvalue weighted by molar-refractivity contribution is -0.109. The number of hydrogen-bond donors (Lipinski definition) is 3. The molecule has 0 aliphatic rings. The molecule has 3 N–H and O–H groups in total. The van der Waals surface area contributed by atoms with E-state index in [2.05, 4.69) is 10.6 Å². The van der Waals surface area contributed by atoms with Crippen molar-refractivity contribution in [3.63, 3.8) is 0 Å². The van der Waals surface area contributed by atoms with Crippen molar-refractivity contribution in [2.24, 2.45) is 0 Å². The van der Waals surface area contributed by atoms with Gasteiger partial charge in [0.05, 0.1) is 6.61 Å². The first-order valence-corrected chi connectivity index (χ1v) is 6.49. The molecule has 0 rings (SSSR count). The molecule has 0 aliphatic heterocycles. The predicted octanol–water partition coefficient (Wildman–Crippen LogP) is 0.791. The van der Waals surface area contributed by atoms with Crippen molar-refractivity contribution in [1.29, 1.82) is 0 Å². The van der Waals surface area contributed by atoms with Gasteiger partial charge in [0.25, 0.3) is 0 Å². The smallest absolute Gasteiger partial charge is 0.407 e. The molecule has 0 unspecified atom stereocenters. The van der Waals surface area contributed by atoms with Gasteiger partial charge in [-0.1, -0.05) is 12.8 Å². The maximum atomic E-state index is 11.1. The van der Waals surface area contributed by atoms with E-state index in [1.165, 1.54) is 0 Å². The van der Waals surface area contributed by atoms with Gasteiger partial charge in [-0.05, 0) is 25.7 Å². The molecular formula is C12H24N2O4. The summed E-state index contributed by atoms with van der Waals surface area (Å²) in [6, 6.07) is 0. The summed E-state index contributed by atoms with van der Waals surface area (Å²) < 4.78 is 4.89. The lowest BCUT2D eigenvalue weighted by Crippen LogP contribution is -2.25. The third-order valence-corrected chi connectivity index (χ3v) is 2.39. The zero-order valence-corrected chi connectivity index (χ0v) is 10.8. The minimum absolute atomic E-state index is 0.129. The van der Waals surface area contributed by atoms with Crippen LogP contribution < -0.4 is 10.6 Å². The predicted molar refractivity (Wildman–Crippen MR) is 68.2 cm³/mol. The van der Waals surface area contributed by atoms with Crippen LogP contribution >= 0.6 is 0 Å². The van der Waals surface area contributed by atoms with Crippen molar-refractivity contribution in [3.05, 3.63) is 0 Å². The average molecular weight is 260 g/mol.